The molecule has 3 heterocycles. The molecule has 1 atom stereocenters. The average molecular weight is 334 g/mol. The van der Waals surface area contributed by atoms with Crippen LogP contribution < -0.4 is 0 Å². The summed E-state index contributed by atoms with van der Waals surface area (Å²) in [5.74, 6) is 3.05. The average Bonchev–Trinajstić information content (AvgIpc) is 3.06. The summed E-state index contributed by atoms with van der Waals surface area (Å²) >= 11 is 0. The molecule has 2 aromatic heterocycles. The summed E-state index contributed by atoms with van der Waals surface area (Å²) < 4.78 is 13.6. The Morgan fingerprint density at radius 2 is 2.00 bits per heavy atom. The molecule has 0 bridgehead atoms. The lowest BCUT2D eigenvalue weighted by atomic mass is 9.97. The van der Waals surface area contributed by atoms with Gasteiger partial charge in [0.25, 0.3) is 0 Å². The van der Waals surface area contributed by atoms with Gasteiger partial charge in [0.15, 0.2) is 0 Å². The summed E-state index contributed by atoms with van der Waals surface area (Å²) in [6, 6.07) is 0. The fraction of sp³-hybridized carbons (Fsp3) is 0.750. The van der Waals surface area contributed by atoms with E-state index in [1.807, 2.05) is 18.5 Å². The topological polar surface area (TPSA) is 82.1 Å². The van der Waals surface area contributed by atoms with Crippen molar-refractivity contribution < 1.29 is 9.15 Å². The van der Waals surface area contributed by atoms with E-state index in [4.69, 9.17) is 9.15 Å². The van der Waals surface area contributed by atoms with Gasteiger partial charge >= 0.3 is 0 Å². The Bertz CT molecular complexity index is 687. The van der Waals surface area contributed by atoms with E-state index in [-0.39, 0.29) is 11.5 Å². The van der Waals surface area contributed by atoms with E-state index < -0.39 is 0 Å². The minimum Gasteiger partial charge on any atom is -0.423 e. The van der Waals surface area contributed by atoms with Crippen LogP contribution in [0.5, 0.6) is 0 Å². The Balaban J connectivity index is 1.59. The number of aryl methyl sites for hydroxylation is 2. The molecule has 0 aromatic carbocycles. The molecule has 0 N–H and O–H groups in total. The van der Waals surface area contributed by atoms with E-state index in [1.165, 1.54) is 0 Å². The van der Waals surface area contributed by atoms with Gasteiger partial charge in [-0.25, -0.2) is 9.67 Å². The predicted molar refractivity (Wildman–Crippen MR) is 87.5 cm³/mol. The highest BCUT2D eigenvalue weighted by Crippen LogP contribution is 2.21. The smallest absolute Gasteiger partial charge is 0.230 e. The van der Waals surface area contributed by atoms with Crippen LogP contribution in [-0.4, -0.2) is 55.7 Å². The van der Waals surface area contributed by atoms with Crippen molar-refractivity contribution in [1.29, 1.82) is 0 Å². The Morgan fingerprint density at radius 3 is 2.62 bits per heavy atom. The highest BCUT2D eigenvalue weighted by atomic mass is 16.5. The summed E-state index contributed by atoms with van der Waals surface area (Å²) in [6.07, 6.45) is 0.0866. The standard InChI is InChI=1S/C16H26N6O2/c1-11-17-12(2)22(20-11)9-13-8-21(6-7-23-13)10-14-18-19-15(24-14)16(3,4)5/h13H,6-10H2,1-5H3. The molecule has 1 fully saturated rings. The Kier molecular flexibility index (Phi) is 4.69. The Labute approximate surface area is 142 Å². The lowest BCUT2D eigenvalue weighted by Crippen LogP contribution is -2.44. The lowest BCUT2D eigenvalue weighted by Gasteiger charge is -2.32. The van der Waals surface area contributed by atoms with Crippen molar-refractivity contribution in [2.45, 2.75) is 59.2 Å². The van der Waals surface area contributed by atoms with Crippen LogP contribution in [0.25, 0.3) is 0 Å². The third kappa shape index (κ3) is 3.99. The molecular weight excluding hydrogens is 308 g/mol. The highest BCUT2D eigenvalue weighted by molar-refractivity contribution is 4.96. The molecule has 1 aliphatic rings. The van der Waals surface area contributed by atoms with Gasteiger partial charge in [0.05, 0.1) is 25.8 Å². The van der Waals surface area contributed by atoms with Crippen LogP contribution >= 0.6 is 0 Å². The summed E-state index contributed by atoms with van der Waals surface area (Å²) in [4.78, 5) is 6.62. The molecule has 132 valence electrons. The summed E-state index contributed by atoms with van der Waals surface area (Å²) in [5, 5.41) is 12.7. The van der Waals surface area contributed by atoms with Gasteiger partial charge in [-0.15, -0.1) is 10.2 Å². The third-order valence-electron chi connectivity index (χ3n) is 4.03. The summed E-state index contributed by atoms with van der Waals surface area (Å²) in [6.45, 7) is 13.8. The number of hydrogen-bond acceptors (Lipinski definition) is 7. The van der Waals surface area contributed by atoms with Crippen LogP contribution in [0.3, 0.4) is 0 Å². The van der Waals surface area contributed by atoms with Crippen LogP contribution in [-0.2, 0) is 23.2 Å². The van der Waals surface area contributed by atoms with E-state index in [1.54, 1.807) is 0 Å². The van der Waals surface area contributed by atoms with Crippen molar-refractivity contribution in [2.75, 3.05) is 19.7 Å². The van der Waals surface area contributed by atoms with Crippen molar-refractivity contribution in [3.05, 3.63) is 23.4 Å². The van der Waals surface area contributed by atoms with E-state index >= 15 is 0 Å². The molecular formula is C16H26N6O2. The fourth-order valence-corrected chi connectivity index (χ4v) is 2.77. The first-order chi connectivity index (χ1) is 11.3. The Hall–Kier alpha value is -1.80. The van der Waals surface area contributed by atoms with Crippen LogP contribution in [0.15, 0.2) is 4.42 Å². The highest BCUT2D eigenvalue weighted by Gasteiger charge is 2.25. The lowest BCUT2D eigenvalue weighted by molar-refractivity contribution is -0.0427. The summed E-state index contributed by atoms with van der Waals surface area (Å²) in [7, 11) is 0. The van der Waals surface area contributed by atoms with E-state index in [9.17, 15) is 0 Å². The minimum absolute atomic E-state index is 0.0866. The van der Waals surface area contributed by atoms with E-state index in [0.717, 1.165) is 24.7 Å². The van der Waals surface area contributed by atoms with Crippen molar-refractivity contribution >= 4 is 0 Å². The zero-order valence-electron chi connectivity index (χ0n) is 15.1. The number of morpholine rings is 1. The normalized spacial score (nSPS) is 19.8. The first-order valence-electron chi connectivity index (χ1n) is 8.36. The number of ether oxygens (including phenoxy) is 1. The van der Waals surface area contributed by atoms with Crippen LogP contribution in [0.4, 0.5) is 0 Å². The van der Waals surface area contributed by atoms with E-state index in [2.05, 4.69) is 46.0 Å². The molecule has 8 nitrogen and oxygen atoms in total. The second-order valence-electron chi connectivity index (χ2n) is 7.37. The van der Waals surface area contributed by atoms with Crippen molar-refractivity contribution in [1.82, 2.24) is 29.9 Å². The Morgan fingerprint density at radius 1 is 1.21 bits per heavy atom. The molecule has 8 heteroatoms. The maximum atomic E-state index is 5.88. The van der Waals surface area contributed by atoms with Gasteiger partial charge in [-0.1, -0.05) is 20.8 Å². The second kappa shape index (κ2) is 6.60. The predicted octanol–water partition coefficient (Wildman–Crippen LogP) is 1.48. The molecule has 2 aromatic rings. The molecule has 0 amide bonds. The van der Waals surface area contributed by atoms with E-state index in [0.29, 0.717) is 31.5 Å². The van der Waals surface area contributed by atoms with Gasteiger partial charge in [-0.2, -0.15) is 5.10 Å². The number of nitrogens with zero attached hydrogens (tertiary/aromatic N) is 6. The number of aromatic nitrogens is 5. The minimum atomic E-state index is -0.124. The number of hydrogen-bond donors (Lipinski definition) is 0. The zero-order valence-corrected chi connectivity index (χ0v) is 15.1. The summed E-state index contributed by atoms with van der Waals surface area (Å²) in [5.41, 5.74) is -0.124. The van der Waals surface area contributed by atoms with Crippen molar-refractivity contribution in [3.8, 4) is 0 Å². The second-order valence-corrected chi connectivity index (χ2v) is 7.37. The fourth-order valence-electron chi connectivity index (χ4n) is 2.77. The molecule has 0 radical (unpaired) electrons. The largest absolute Gasteiger partial charge is 0.423 e. The van der Waals surface area contributed by atoms with Gasteiger partial charge in [0, 0.05) is 18.5 Å². The maximum Gasteiger partial charge on any atom is 0.230 e. The van der Waals surface area contributed by atoms with Crippen LogP contribution in [0.1, 0.15) is 44.2 Å². The first kappa shape index (κ1) is 17.0. The SMILES string of the molecule is Cc1nc(C)n(CC2CN(Cc3nnc(C(C)(C)C)o3)CCO2)n1. The van der Waals surface area contributed by atoms with Gasteiger partial charge < -0.3 is 9.15 Å². The van der Waals surface area contributed by atoms with Crippen molar-refractivity contribution in [2.24, 2.45) is 0 Å². The van der Waals surface area contributed by atoms with Gasteiger partial charge in [-0.05, 0) is 13.8 Å². The molecule has 24 heavy (non-hydrogen) atoms. The monoisotopic (exact) mass is 334 g/mol. The molecule has 0 spiro atoms. The molecule has 1 unspecified atom stereocenters. The number of rotatable bonds is 4. The van der Waals surface area contributed by atoms with Gasteiger partial charge in [0.2, 0.25) is 11.8 Å². The molecule has 0 saturated carbocycles. The van der Waals surface area contributed by atoms with Gasteiger partial charge in [-0.3, -0.25) is 4.90 Å². The van der Waals surface area contributed by atoms with Crippen LogP contribution in [0, 0.1) is 13.8 Å². The van der Waals surface area contributed by atoms with Crippen molar-refractivity contribution in [3.63, 3.8) is 0 Å². The zero-order chi connectivity index (χ0) is 17.3. The molecule has 0 aliphatic carbocycles. The molecule has 1 aliphatic heterocycles. The quantitative estimate of drug-likeness (QED) is 0.837. The molecule has 3 rings (SSSR count). The van der Waals surface area contributed by atoms with Crippen LogP contribution in [0.2, 0.25) is 0 Å². The first-order valence-corrected chi connectivity index (χ1v) is 8.36. The maximum absolute atomic E-state index is 5.88. The molecule has 1 saturated heterocycles. The van der Waals surface area contributed by atoms with Gasteiger partial charge in [0.1, 0.15) is 11.6 Å². The third-order valence-corrected chi connectivity index (χ3v) is 4.03.